The molecule has 32 heavy (non-hydrogen) atoms. The fraction of sp³-hybridized carbons (Fsp3) is 0.179. The molecule has 160 valence electrons. The molecule has 1 saturated heterocycles. The van der Waals surface area contributed by atoms with Crippen LogP contribution in [-0.4, -0.2) is 19.6 Å². The van der Waals surface area contributed by atoms with E-state index in [1.807, 2.05) is 43.3 Å². The standard InChI is InChI=1S/C28H26N2O2/c1-3-32-26-16-12-24(13-17-26)30-27(22-9-8-20-6-4-5-7-21(20)18-22)19-28(30)29-23-10-14-25(31-2)15-11-23/h4-18,27H,3,19H2,1-2H3. The van der Waals surface area contributed by atoms with Crippen LogP contribution in [0.5, 0.6) is 11.5 Å². The maximum Gasteiger partial charge on any atom is 0.119 e. The molecule has 4 heteroatoms. The molecular weight excluding hydrogens is 396 g/mol. The molecule has 0 bridgehead atoms. The third kappa shape index (κ3) is 3.92. The van der Waals surface area contributed by atoms with Crippen LogP contribution in [0.25, 0.3) is 10.8 Å². The van der Waals surface area contributed by atoms with E-state index < -0.39 is 0 Å². The molecule has 5 rings (SSSR count). The summed E-state index contributed by atoms with van der Waals surface area (Å²) in [5.41, 5.74) is 3.34. The molecule has 0 aromatic heterocycles. The van der Waals surface area contributed by atoms with Gasteiger partial charge in [-0.2, -0.15) is 0 Å². The van der Waals surface area contributed by atoms with Crippen LogP contribution < -0.4 is 14.4 Å². The van der Waals surface area contributed by atoms with Gasteiger partial charge in [-0.15, -0.1) is 0 Å². The Morgan fingerprint density at radius 1 is 0.844 bits per heavy atom. The van der Waals surface area contributed by atoms with Crippen molar-refractivity contribution in [2.45, 2.75) is 19.4 Å². The number of rotatable bonds is 6. The van der Waals surface area contributed by atoms with Crippen LogP contribution in [0.15, 0.2) is 96.0 Å². The number of amidine groups is 1. The number of methoxy groups -OCH3 is 1. The first-order valence-corrected chi connectivity index (χ1v) is 11.0. The highest BCUT2D eigenvalue weighted by Crippen LogP contribution is 2.41. The van der Waals surface area contributed by atoms with Crippen molar-refractivity contribution in [3.05, 3.63) is 96.6 Å². The van der Waals surface area contributed by atoms with E-state index in [9.17, 15) is 0 Å². The van der Waals surface area contributed by atoms with Gasteiger partial charge in [0.1, 0.15) is 17.3 Å². The SMILES string of the molecule is CCOc1ccc(N2C(=Nc3ccc(OC)cc3)CC2c2ccc3ccccc3c2)cc1. The lowest BCUT2D eigenvalue weighted by atomic mass is 9.91. The van der Waals surface area contributed by atoms with Gasteiger partial charge in [0.15, 0.2) is 0 Å². The second-order valence-corrected chi connectivity index (χ2v) is 7.85. The van der Waals surface area contributed by atoms with Gasteiger partial charge < -0.3 is 14.4 Å². The third-order valence-electron chi connectivity index (χ3n) is 5.88. The van der Waals surface area contributed by atoms with Crippen molar-refractivity contribution in [3.8, 4) is 11.5 Å². The zero-order valence-corrected chi connectivity index (χ0v) is 18.4. The molecule has 1 fully saturated rings. The molecule has 4 nitrogen and oxygen atoms in total. The van der Waals surface area contributed by atoms with Crippen molar-refractivity contribution in [1.29, 1.82) is 0 Å². The third-order valence-corrected chi connectivity index (χ3v) is 5.88. The Morgan fingerprint density at radius 3 is 2.28 bits per heavy atom. The van der Waals surface area contributed by atoms with E-state index in [-0.39, 0.29) is 6.04 Å². The Balaban J connectivity index is 1.50. The molecule has 4 aromatic carbocycles. The van der Waals surface area contributed by atoms with Gasteiger partial charge >= 0.3 is 0 Å². The number of ether oxygens (including phenoxy) is 2. The van der Waals surface area contributed by atoms with Crippen molar-refractivity contribution in [2.24, 2.45) is 4.99 Å². The number of fused-ring (bicyclic) bond motifs is 1. The van der Waals surface area contributed by atoms with Crippen LogP contribution in [0.2, 0.25) is 0 Å². The van der Waals surface area contributed by atoms with Crippen molar-refractivity contribution >= 4 is 28.0 Å². The molecule has 0 aliphatic carbocycles. The zero-order valence-electron chi connectivity index (χ0n) is 18.4. The number of anilines is 1. The first-order valence-electron chi connectivity index (χ1n) is 11.0. The summed E-state index contributed by atoms with van der Waals surface area (Å²) in [6.07, 6.45) is 0.886. The first-order chi connectivity index (χ1) is 15.7. The second-order valence-electron chi connectivity index (χ2n) is 7.85. The van der Waals surface area contributed by atoms with Crippen molar-refractivity contribution in [1.82, 2.24) is 0 Å². The Labute approximate surface area is 188 Å². The lowest BCUT2D eigenvalue weighted by Gasteiger charge is -2.44. The highest BCUT2D eigenvalue weighted by molar-refractivity contribution is 6.06. The summed E-state index contributed by atoms with van der Waals surface area (Å²) in [5, 5.41) is 2.52. The summed E-state index contributed by atoms with van der Waals surface area (Å²) in [4.78, 5) is 7.27. The summed E-state index contributed by atoms with van der Waals surface area (Å²) in [5.74, 6) is 2.77. The summed E-state index contributed by atoms with van der Waals surface area (Å²) >= 11 is 0. The largest absolute Gasteiger partial charge is 0.497 e. The maximum atomic E-state index is 5.64. The quantitative estimate of drug-likeness (QED) is 0.338. The summed E-state index contributed by atoms with van der Waals surface area (Å²) < 4.78 is 10.9. The van der Waals surface area contributed by atoms with Gasteiger partial charge in [0.05, 0.1) is 25.4 Å². The van der Waals surface area contributed by atoms with E-state index in [4.69, 9.17) is 14.5 Å². The highest BCUT2D eigenvalue weighted by atomic mass is 16.5. The molecule has 0 radical (unpaired) electrons. The van der Waals surface area contributed by atoms with Gasteiger partial charge in [0, 0.05) is 12.1 Å². The molecule has 1 aliphatic rings. The molecule has 1 unspecified atom stereocenters. The summed E-state index contributed by atoms with van der Waals surface area (Å²) in [6.45, 7) is 2.66. The average molecular weight is 423 g/mol. The molecule has 0 spiro atoms. The minimum Gasteiger partial charge on any atom is -0.497 e. The predicted octanol–water partition coefficient (Wildman–Crippen LogP) is 6.93. The molecule has 1 atom stereocenters. The highest BCUT2D eigenvalue weighted by Gasteiger charge is 2.36. The van der Waals surface area contributed by atoms with Crippen molar-refractivity contribution < 1.29 is 9.47 Å². The Morgan fingerprint density at radius 2 is 1.56 bits per heavy atom. The number of benzene rings is 4. The second kappa shape index (κ2) is 8.75. The van der Waals surface area contributed by atoms with E-state index in [1.165, 1.54) is 16.3 Å². The Hall–Kier alpha value is -3.79. The van der Waals surface area contributed by atoms with E-state index in [0.29, 0.717) is 6.61 Å². The van der Waals surface area contributed by atoms with Crippen LogP contribution in [0.1, 0.15) is 24.9 Å². The molecule has 0 saturated carbocycles. The zero-order chi connectivity index (χ0) is 21.9. The van der Waals surface area contributed by atoms with Gasteiger partial charge in [-0.05, 0) is 77.9 Å². The molecule has 1 aliphatic heterocycles. The topological polar surface area (TPSA) is 34.1 Å². The maximum absolute atomic E-state index is 5.64. The number of aliphatic imine (C=N–C) groups is 1. The monoisotopic (exact) mass is 422 g/mol. The minimum absolute atomic E-state index is 0.245. The van der Waals surface area contributed by atoms with Crippen molar-refractivity contribution in [2.75, 3.05) is 18.6 Å². The Bertz CT molecular complexity index is 1250. The molecule has 0 N–H and O–H groups in total. The lowest BCUT2D eigenvalue weighted by molar-refractivity contribution is 0.340. The fourth-order valence-electron chi connectivity index (χ4n) is 4.22. The molecule has 0 amide bonds. The summed E-state index contributed by atoms with van der Waals surface area (Å²) in [7, 11) is 1.68. The minimum atomic E-state index is 0.245. The van der Waals surface area contributed by atoms with Crippen LogP contribution in [0.3, 0.4) is 0 Å². The molecular formula is C28H26N2O2. The van der Waals surface area contributed by atoms with E-state index in [1.54, 1.807) is 7.11 Å². The smallest absolute Gasteiger partial charge is 0.119 e. The summed E-state index contributed by atoms with van der Waals surface area (Å²) in [6, 6.07) is 31.6. The normalized spacial score (nSPS) is 16.8. The number of hydrogen-bond donors (Lipinski definition) is 0. The predicted molar refractivity (Wildman–Crippen MR) is 131 cm³/mol. The van der Waals surface area contributed by atoms with E-state index >= 15 is 0 Å². The van der Waals surface area contributed by atoms with Crippen LogP contribution in [0, 0.1) is 0 Å². The number of hydrogen-bond acceptors (Lipinski definition) is 3. The van der Waals surface area contributed by atoms with Crippen LogP contribution >= 0.6 is 0 Å². The number of nitrogens with zero attached hydrogens (tertiary/aromatic N) is 2. The van der Waals surface area contributed by atoms with Crippen LogP contribution in [-0.2, 0) is 0 Å². The average Bonchev–Trinajstić information content (AvgIpc) is 2.83. The van der Waals surface area contributed by atoms with Gasteiger partial charge in [-0.25, -0.2) is 4.99 Å². The van der Waals surface area contributed by atoms with E-state index in [0.717, 1.165) is 35.1 Å². The molecule has 4 aromatic rings. The lowest BCUT2D eigenvalue weighted by Crippen LogP contribution is -2.46. The Kier molecular flexibility index (Phi) is 5.51. The first kappa shape index (κ1) is 20.1. The fourth-order valence-corrected chi connectivity index (χ4v) is 4.22. The van der Waals surface area contributed by atoms with Gasteiger partial charge in [-0.3, -0.25) is 0 Å². The van der Waals surface area contributed by atoms with Crippen LogP contribution in [0.4, 0.5) is 11.4 Å². The van der Waals surface area contributed by atoms with Gasteiger partial charge in [0.2, 0.25) is 0 Å². The van der Waals surface area contributed by atoms with Crippen molar-refractivity contribution in [3.63, 3.8) is 0 Å². The van der Waals surface area contributed by atoms with Gasteiger partial charge in [-0.1, -0.05) is 36.4 Å². The van der Waals surface area contributed by atoms with E-state index in [2.05, 4.69) is 59.5 Å². The van der Waals surface area contributed by atoms with Gasteiger partial charge in [0.25, 0.3) is 0 Å². The molecule has 1 heterocycles.